The second-order valence-electron chi connectivity index (χ2n) is 5.11. The summed E-state index contributed by atoms with van der Waals surface area (Å²) in [6.07, 6.45) is 0. The van der Waals surface area contributed by atoms with Crippen LogP contribution in [0.1, 0.15) is 18.1 Å². The van der Waals surface area contributed by atoms with Crippen LogP contribution in [0, 0.1) is 0 Å². The maximum absolute atomic E-state index is 12.6. The van der Waals surface area contributed by atoms with Crippen molar-refractivity contribution in [2.45, 2.75) is 12.3 Å². The first-order valence-electron chi connectivity index (χ1n) is 6.42. The van der Waals surface area contributed by atoms with E-state index in [9.17, 15) is 4.79 Å². The molecule has 1 amide bonds. The maximum atomic E-state index is 12.6. The van der Waals surface area contributed by atoms with Crippen LogP contribution in [0.25, 0.3) is 0 Å². The van der Waals surface area contributed by atoms with Crippen LogP contribution in [0.2, 0.25) is 10.0 Å². The topological polar surface area (TPSA) is 38.3 Å². The van der Waals surface area contributed by atoms with Gasteiger partial charge in [0.1, 0.15) is 11.2 Å². The number of hydrogen-bond donors (Lipinski definition) is 1. The maximum Gasteiger partial charge on any atom is 0.239 e. The van der Waals surface area contributed by atoms with Crippen molar-refractivity contribution < 1.29 is 9.53 Å². The number of ether oxygens (including phenoxy) is 1. The van der Waals surface area contributed by atoms with Gasteiger partial charge < -0.3 is 10.1 Å². The van der Waals surface area contributed by atoms with Crippen molar-refractivity contribution in [2.24, 2.45) is 0 Å². The van der Waals surface area contributed by atoms with Crippen molar-refractivity contribution in [3.8, 4) is 5.75 Å². The molecule has 1 heterocycles. The van der Waals surface area contributed by atoms with Gasteiger partial charge in [-0.15, -0.1) is 0 Å². The second kappa shape index (κ2) is 4.93. The van der Waals surface area contributed by atoms with Crippen LogP contribution in [0.5, 0.6) is 5.75 Å². The Morgan fingerprint density at radius 3 is 2.43 bits per heavy atom. The molecule has 0 aliphatic carbocycles. The molecule has 1 atom stereocenters. The number of amides is 1. The first kappa shape index (κ1) is 14.2. The lowest BCUT2D eigenvalue weighted by molar-refractivity contribution is -0.119. The number of hydrogen-bond acceptors (Lipinski definition) is 2. The van der Waals surface area contributed by atoms with E-state index in [1.165, 1.54) is 0 Å². The van der Waals surface area contributed by atoms with Gasteiger partial charge in [0, 0.05) is 21.3 Å². The normalized spacial score (nSPS) is 20.1. The third kappa shape index (κ3) is 2.08. The molecule has 3 nitrogen and oxygen atoms in total. The van der Waals surface area contributed by atoms with Gasteiger partial charge in [0.05, 0.1) is 7.11 Å². The van der Waals surface area contributed by atoms with Crippen molar-refractivity contribution in [3.63, 3.8) is 0 Å². The van der Waals surface area contributed by atoms with Crippen LogP contribution in [0.15, 0.2) is 36.4 Å². The minimum atomic E-state index is -0.865. The first-order chi connectivity index (χ1) is 9.96. The van der Waals surface area contributed by atoms with E-state index in [-0.39, 0.29) is 5.91 Å². The quantitative estimate of drug-likeness (QED) is 0.897. The van der Waals surface area contributed by atoms with Crippen LogP contribution >= 0.6 is 23.2 Å². The van der Waals surface area contributed by atoms with E-state index in [0.29, 0.717) is 15.8 Å². The molecule has 0 saturated heterocycles. The smallest absolute Gasteiger partial charge is 0.239 e. The zero-order valence-electron chi connectivity index (χ0n) is 11.5. The molecule has 3 rings (SSSR count). The Bertz CT molecular complexity index is 745. The summed E-state index contributed by atoms with van der Waals surface area (Å²) in [5, 5.41) is 4.01. The highest BCUT2D eigenvalue weighted by Gasteiger charge is 2.46. The molecule has 0 radical (unpaired) electrons. The molecule has 21 heavy (non-hydrogen) atoms. The van der Waals surface area contributed by atoms with Gasteiger partial charge in [-0.3, -0.25) is 4.79 Å². The summed E-state index contributed by atoms with van der Waals surface area (Å²) in [5.41, 5.74) is 1.45. The summed E-state index contributed by atoms with van der Waals surface area (Å²) in [4.78, 5) is 12.6. The summed E-state index contributed by atoms with van der Waals surface area (Å²) < 4.78 is 5.40. The van der Waals surface area contributed by atoms with Gasteiger partial charge in [0.2, 0.25) is 5.91 Å². The van der Waals surface area contributed by atoms with E-state index >= 15 is 0 Å². The largest absolute Gasteiger partial charge is 0.496 e. The monoisotopic (exact) mass is 321 g/mol. The molecule has 0 spiro atoms. The van der Waals surface area contributed by atoms with Crippen LogP contribution in [0.4, 0.5) is 5.69 Å². The Kier molecular flexibility index (Phi) is 3.34. The van der Waals surface area contributed by atoms with E-state index in [1.54, 1.807) is 37.4 Å². The number of methoxy groups -OCH3 is 1. The van der Waals surface area contributed by atoms with Gasteiger partial charge in [-0.2, -0.15) is 0 Å². The summed E-state index contributed by atoms with van der Waals surface area (Å²) >= 11 is 12.1. The lowest BCUT2D eigenvalue weighted by atomic mass is 9.77. The van der Waals surface area contributed by atoms with E-state index in [1.807, 2.05) is 13.0 Å². The number of benzene rings is 2. The molecule has 0 aromatic heterocycles. The molecular formula is C16H13Cl2NO2. The Labute approximate surface area is 132 Å². The van der Waals surface area contributed by atoms with E-state index in [0.717, 1.165) is 16.8 Å². The molecule has 2 aromatic rings. The van der Waals surface area contributed by atoms with Gasteiger partial charge in [-0.25, -0.2) is 0 Å². The Morgan fingerprint density at radius 1 is 1.05 bits per heavy atom. The van der Waals surface area contributed by atoms with Crippen molar-refractivity contribution in [2.75, 3.05) is 12.4 Å². The standard InChI is InChI=1S/C16H13Cl2NO2/c1-16(12-7-9(17)4-6-14(12)21-2)11-5-3-10(18)8-13(11)19-15(16)20/h3-8H,1-2H3,(H,19,20)/t16-/m1/s1. The number of carbonyl (C=O) groups is 1. The van der Waals surface area contributed by atoms with Gasteiger partial charge in [0.25, 0.3) is 0 Å². The van der Waals surface area contributed by atoms with Crippen LogP contribution in [-0.2, 0) is 10.2 Å². The summed E-state index contributed by atoms with van der Waals surface area (Å²) in [5.74, 6) is 0.500. The van der Waals surface area contributed by atoms with Gasteiger partial charge in [0.15, 0.2) is 0 Å². The molecule has 0 saturated carbocycles. The number of carbonyl (C=O) groups excluding carboxylic acids is 1. The highest BCUT2D eigenvalue weighted by Crippen LogP contribution is 2.46. The third-order valence-electron chi connectivity index (χ3n) is 3.92. The molecule has 2 aromatic carbocycles. The lowest BCUT2D eigenvalue weighted by Gasteiger charge is -2.25. The molecule has 5 heteroatoms. The average Bonchev–Trinajstić information content (AvgIpc) is 2.70. The number of halogens is 2. The molecule has 0 bridgehead atoms. The highest BCUT2D eigenvalue weighted by molar-refractivity contribution is 6.31. The van der Waals surface area contributed by atoms with E-state index in [4.69, 9.17) is 27.9 Å². The zero-order valence-corrected chi connectivity index (χ0v) is 13.0. The van der Waals surface area contributed by atoms with E-state index in [2.05, 4.69) is 5.32 Å². The number of nitrogens with one attached hydrogen (secondary N) is 1. The molecule has 1 aliphatic rings. The predicted molar refractivity (Wildman–Crippen MR) is 84.5 cm³/mol. The van der Waals surface area contributed by atoms with Crippen LogP contribution in [-0.4, -0.2) is 13.0 Å². The zero-order chi connectivity index (χ0) is 15.2. The molecule has 1 aliphatic heterocycles. The van der Waals surface area contributed by atoms with Gasteiger partial charge in [-0.1, -0.05) is 29.3 Å². The SMILES string of the molecule is COc1ccc(Cl)cc1[C@]1(C)C(=O)Nc2cc(Cl)ccc21. The number of fused-ring (bicyclic) bond motifs is 1. The Hall–Kier alpha value is -1.71. The fourth-order valence-corrected chi connectivity index (χ4v) is 3.11. The predicted octanol–water partition coefficient (Wildman–Crippen LogP) is 4.26. The van der Waals surface area contributed by atoms with Gasteiger partial charge >= 0.3 is 0 Å². The molecular weight excluding hydrogens is 309 g/mol. The Balaban J connectivity index is 2.27. The lowest BCUT2D eigenvalue weighted by Crippen LogP contribution is -2.32. The van der Waals surface area contributed by atoms with Crippen molar-refractivity contribution >= 4 is 34.8 Å². The second-order valence-corrected chi connectivity index (χ2v) is 5.99. The average molecular weight is 322 g/mol. The van der Waals surface area contributed by atoms with Crippen molar-refractivity contribution in [3.05, 3.63) is 57.6 Å². The molecule has 0 fully saturated rings. The number of anilines is 1. The number of rotatable bonds is 2. The molecule has 1 N–H and O–H groups in total. The molecule has 108 valence electrons. The summed E-state index contributed by atoms with van der Waals surface area (Å²) in [6, 6.07) is 10.7. The minimum Gasteiger partial charge on any atom is -0.496 e. The third-order valence-corrected chi connectivity index (χ3v) is 4.39. The molecule has 0 unspecified atom stereocenters. The fourth-order valence-electron chi connectivity index (χ4n) is 2.76. The fraction of sp³-hybridized carbons (Fsp3) is 0.188. The van der Waals surface area contributed by atoms with E-state index < -0.39 is 5.41 Å². The van der Waals surface area contributed by atoms with Gasteiger partial charge in [-0.05, 0) is 42.8 Å². The Morgan fingerprint density at radius 2 is 1.71 bits per heavy atom. The van der Waals surface area contributed by atoms with Crippen LogP contribution < -0.4 is 10.1 Å². The minimum absolute atomic E-state index is 0.125. The van der Waals surface area contributed by atoms with Crippen molar-refractivity contribution in [1.29, 1.82) is 0 Å². The summed E-state index contributed by atoms with van der Waals surface area (Å²) in [7, 11) is 1.58. The van der Waals surface area contributed by atoms with Crippen molar-refractivity contribution in [1.82, 2.24) is 0 Å². The van der Waals surface area contributed by atoms with Crippen LogP contribution in [0.3, 0.4) is 0 Å². The first-order valence-corrected chi connectivity index (χ1v) is 7.18. The summed E-state index contributed by atoms with van der Waals surface area (Å²) in [6.45, 7) is 1.86. The highest BCUT2D eigenvalue weighted by atomic mass is 35.5.